The zero-order valence-corrected chi connectivity index (χ0v) is 11.5. The molecule has 0 fully saturated rings. The topological polar surface area (TPSA) is 58.9 Å². The fraction of sp³-hybridized carbons (Fsp3) is 0.250. The molecular weight excluding hydrogens is 256 g/mol. The quantitative estimate of drug-likeness (QED) is 0.880. The Labute approximate surface area is 118 Å². The molecule has 1 unspecified atom stereocenters. The summed E-state index contributed by atoms with van der Waals surface area (Å²) < 4.78 is 10.6. The van der Waals surface area contributed by atoms with Crippen LogP contribution >= 0.6 is 0 Å². The Kier molecular flexibility index (Phi) is 4.48. The Morgan fingerprint density at radius 3 is 2.25 bits per heavy atom. The van der Waals surface area contributed by atoms with Crippen LogP contribution in [0.3, 0.4) is 0 Å². The third-order valence-electron chi connectivity index (χ3n) is 3.23. The Morgan fingerprint density at radius 2 is 1.70 bits per heavy atom. The van der Waals surface area contributed by atoms with Gasteiger partial charge in [-0.15, -0.1) is 0 Å². The van der Waals surface area contributed by atoms with Crippen LogP contribution in [0.1, 0.15) is 17.2 Å². The Hall–Kier alpha value is -2.20. The monoisotopic (exact) mass is 274 g/mol. The Balaban J connectivity index is 2.19. The van der Waals surface area contributed by atoms with Crippen LogP contribution in [0.15, 0.2) is 42.5 Å². The number of hydrogen-bond acceptors (Lipinski definition) is 4. The fourth-order valence-electron chi connectivity index (χ4n) is 2.10. The first-order chi connectivity index (χ1) is 9.63. The summed E-state index contributed by atoms with van der Waals surface area (Å²) in [4.78, 5) is 0. The van der Waals surface area contributed by atoms with Gasteiger partial charge >= 0.3 is 0 Å². The van der Waals surface area contributed by atoms with E-state index in [2.05, 4.69) is 0 Å². The summed E-state index contributed by atoms with van der Waals surface area (Å²) in [6.45, 7) is 0. The predicted molar refractivity (Wildman–Crippen MR) is 76.2 cm³/mol. The maximum absolute atomic E-state index is 9.89. The van der Waals surface area contributed by atoms with Crippen LogP contribution in [0.4, 0.5) is 0 Å². The fourth-order valence-corrected chi connectivity index (χ4v) is 2.10. The highest BCUT2D eigenvalue weighted by Crippen LogP contribution is 2.32. The van der Waals surface area contributed by atoms with Gasteiger partial charge in [0.2, 0.25) is 0 Å². The van der Waals surface area contributed by atoms with Crippen LogP contribution in [-0.4, -0.2) is 24.4 Å². The molecule has 0 aliphatic carbocycles. The number of phenolic OH excluding ortho intramolecular Hbond substituents is 2. The van der Waals surface area contributed by atoms with Gasteiger partial charge in [-0.25, -0.2) is 0 Å². The van der Waals surface area contributed by atoms with Gasteiger partial charge in [-0.2, -0.15) is 0 Å². The van der Waals surface area contributed by atoms with Crippen molar-refractivity contribution in [3.05, 3.63) is 53.6 Å². The summed E-state index contributed by atoms with van der Waals surface area (Å²) in [6, 6.07) is 12.2. The second kappa shape index (κ2) is 6.30. The van der Waals surface area contributed by atoms with Gasteiger partial charge in [-0.3, -0.25) is 0 Å². The highest BCUT2D eigenvalue weighted by molar-refractivity contribution is 5.41. The molecule has 2 N–H and O–H groups in total. The molecule has 0 radical (unpaired) electrons. The van der Waals surface area contributed by atoms with E-state index < -0.39 is 0 Å². The standard InChI is InChI=1S/C16H18O4/c1-19-13-6-3-11(4-7-13)9-16(20-2)14-8-5-12(17)10-15(14)18/h3-8,10,16-18H,9H2,1-2H3. The molecule has 2 rings (SSSR count). The lowest BCUT2D eigenvalue weighted by Crippen LogP contribution is -2.05. The van der Waals surface area contributed by atoms with Gasteiger partial charge in [0.1, 0.15) is 17.2 Å². The summed E-state index contributed by atoms with van der Waals surface area (Å²) in [5.74, 6) is 0.867. The maximum atomic E-state index is 9.89. The SMILES string of the molecule is COc1ccc(CC(OC)c2ccc(O)cc2O)cc1. The smallest absolute Gasteiger partial charge is 0.125 e. The molecule has 4 nitrogen and oxygen atoms in total. The molecule has 0 bridgehead atoms. The molecule has 4 heteroatoms. The summed E-state index contributed by atoms with van der Waals surface area (Å²) >= 11 is 0. The molecule has 0 heterocycles. The van der Waals surface area contributed by atoms with Crippen molar-refractivity contribution < 1.29 is 19.7 Å². The van der Waals surface area contributed by atoms with Crippen LogP contribution in [0.25, 0.3) is 0 Å². The number of hydrogen-bond donors (Lipinski definition) is 2. The zero-order chi connectivity index (χ0) is 14.5. The molecule has 2 aromatic carbocycles. The summed E-state index contributed by atoms with van der Waals surface area (Å²) in [5, 5.41) is 19.2. The average Bonchev–Trinajstić information content (AvgIpc) is 2.46. The van der Waals surface area contributed by atoms with E-state index in [0.29, 0.717) is 12.0 Å². The van der Waals surface area contributed by atoms with E-state index in [0.717, 1.165) is 11.3 Å². The molecule has 0 aliphatic rings. The van der Waals surface area contributed by atoms with Gasteiger partial charge < -0.3 is 19.7 Å². The molecule has 0 saturated carbocycles. The lowest BCUT2D eigenvalue weighted by molar-refractivity contribution is 0.101. The number of aromatic hydroxyl groups is 2. The van der Waals surface area contributed by atoms with Crippen LogP contribution in [-0.2, 0) is 11.2 Å². The number of ether oxygens (including phenoxy) is 2. The van der Waals surface area contributed by atoms with Crippen LogP contribution in [0.2, 0.25) is 0 Å². The maximum Gasteiger partial charge on any atom is 0.125 e. The zero-order valence-electron chi connectivity index (χ0n) is 11.5. The molecule has 2 aromatic rings. The van der Waals surface area contributed by atoms with Crippen molar-refractivity contribution in [2.24, 2.45) is 0 Å². The van der Waals surface area contributed by atoms with Crippen LogP contribution < -0.4 is 4.74 Å². The van der Waals surface area contributed by atoms with Gasteiger partial charge in [0.25, 0.3) is 0 Å². The van der Waals surface area contributed by atoms with Crippen molar-refractivity contribution in [2.45, 2.75) is 12.5 Å². The number of methoxy groups -OCH3 is 2. The third kappa shape index (κ3) is 3.22. The Bertz CT molecular complexity index is 563. The van der Waals surface area contributed by atoms with E-state index in [4.69, 9.17) is 9.47 Å². The number of phenols is 2. The molecule has 0 amide bonds. The molecule has 0 spiro atoms. The molecule has 1 atom stereocenters. The van der Waals surface area contributed by atoms with Crippen molar-refractivity contribution in [2.75, 3.05) is 14.2 Å². The number of benzene rings is 2. The van der Waals surface area contributed by atoms with E-state index in [9.17, 15) is 10.2 Å². The minimum absolute atomic E-state index is 0.0327. The number of rotatable bonds is 5. The van der Waals surface area contributed by atoms with Gasteiger partial charge in [0.05, 0.1) is 13.2 Å². The molecule has 106 valence electrons. The Morgan fingerprint density at radius 1 is 1.00 bits per heavy atom. The van der Waals surface area contributed by atoms with Gasteiger partial charge in [-0.05, 0) is 29.8 Å². The van der Waals surface area contributed by atoms with Crippen molar-refractivity contribution in [3.8, 4) is 17.2 Å². The normalized spacial score (nSPS) is 12.1. The van der Waals surface area contributed by atoms with Crippen molar-refractivity contribution in [3.63, 3.8) is 0 Å². The largest absolute Gasteiger partial charge is 0.508 e. The lowest BCUT2D eigenvalue weighted by Gasteiger charge is -2.17. The molecular formula is C16H18O4. The summed E-state index contributed by atoms with van der Waals surface area (Å²) in [6.07, 6.45) is 0.350. The van der Waals surface area contributed by atoms with E-state index in [1.807, 2.05) is 24.3 Å². The van der Waals surface area contributed by atoms with E-state index in [1.165, 1.54) is 12.1 Å². The van der Waals surface area contributed by atoms with Crippen LogP contribution in [0.5, 0.6) is 17.2 Å². The highest BCUT2D eigenvalue weighted by atomic mass is 16.5. The highest BCUT2D eigenvalue weighted by Gasteiger charge is 2.16. The van der Waals surface area contributed by atoms with Crippen LogP contribution in [0, 0.1) is 0 Å². The first-order valence-corrected chi connectivity index (χ1v) is 6.31. The van der Waals surface area contributed by atoms with E-state index >= 15 is 0 Å². The van der Waals surface area contributed by atoms with E-state index in [-0.39, 0.29) is 17.6 Å². The van der Waals surface area contributed by atoms with Crippen molar-refractivity contribution in [1.82, 2.24) is 0 Å². The first kappa shape index (κ1) is 14.2. The molecule has 20 heavy (non-hydrogen) atoms. The van der Waals surface area contributed by atoms with Gasteiger partial charge in [0, 0.05) is 25.2 Å². The first-order valence-electron chi connectivity index (χ1n) is 6.31. The predicted octanol–water partition coefficient (Wildman–Crippen LogP) is 3.04. The van der Waals surface area contributed by atoms with Gasteiger partial charge in [0.15, 0.2) is 0 Å². The van der Waals surface area contributed by atoms with Crippen molar-refractivity contribution >= 4 is 0 Å². The summed E-state index contributed by atoms with van der Waals surface area (Å²) in [5.41, 5.74) is 1.73. The second-order valence-corrected chi connectivity index (χ2v) is 4.52. The molecule has 0 aromatic heterocycles. The molecule has 0 saturated heterocycles. The minimum Gasteiger partial charge on any atom is -0.508 e. The minimum atomic E-state index is -0.274. The van der Waals surface area contributed by atoms with Crippen molar-refractivity contribution in [1.29, 1.82) is 0 Å². The van der Waals surface area contributed by atoms with E-state index in [1.54, 1.807) is 20.3 Å². The third-order valence-corrected chi connectivity index (χ3v) is 3.23. The van der Waals surface area contributed by atoms with Gasteiger partial charge in [-0.1, -0.05) is 12.1 Å². The lowest BCUT2D eigenvalue weighted by atomic mass is 10.00. The molecule has 0 aliphatic heterocycles. The average molecular weight is 274 g/mol. The summed E-state index contributed by atoms with van der Waals surface area (Å²) in [7, 11) is 3.22. The second-order valence-electron chi connectivity index (χ2n) is 4.52.